The van der Waals surface area contributed by atoms with Crippen molar-refractivity contribution in [2.75, 3.05) is 5.32 Å². The van der Waals surface area contributed by atoms with Gasteiger partial charge in [-0.1, -0.05) is 23.7 Å². The van der Waals surface area contributed by atoms with E-state index in [0.717, 1.165) is 22.3 Å². The third-order valence-corrected chi connectivity index (χ3v) is 4.63. The molecule has 0 aliphatic carbocycles. The summed E-state index contributed by atoms with van der Waals surface area (Å²) >= 11 is 6.52. The summed E-state index contributed by atoms with van der Waals surface area (Å²) in [7, 11) is 0. The number of aryl methyl sites for hydroxylation is 1. The highest BCUT2D eigenvalue weighted by atomic mass is 35.5. The largest absolute Gasteiger partial charge is 0.352 e. The quantitative estimate of drug-likeness (QED) is 0.526. The maximum Gasteiger partial charge on any atom is 0.257 e. The lowest BCUT2D eigenvalue weighted by Crippen LogP contribution is -2.14. The van der Waals surface area contributed by atoms with Gasteiger partial charge in [-0.25, -0.2) is 9.97 Å². The van der Waals surface area contributed by atoms with E-state index in [0.29, 0.717) is 27.7 Å². The maximum absolute atomic E-state index is 12.7. The van der Waals surface area contributed by atoms with Crippen LogP contribution in [0.5, 0.6) is 0 Å². The number of aromatic nitrogens is 5. The Balaban J connectivity index is 1.76. The lowest BCUT2D eigenvalue weighted by molar-refractivity contribution is 0.876. The molecule has 7 nitrogen and oxygen atoms in total. The Morgan fingerprint density at radius 2 is 1.90 bits per heavy atom. The molecule has 0 amide bonds. The number of aromatic amines is 1. The van der Waals surface area contributed by atoms with Crippen molar-refractivity contribution < 1.29 is 0 Å². The number of pyridine rings is 1. The summed E-state index contributed by atoms with van der Waals surface area (Å²) in [4.78, 5) is 32.8. The van der Waals surface area contributed by atoms with Gasteiger partial charge in [-0.05, 0) is 32.9 Å². The molecule has 8 heteroatoms. The molecule has 3 heterocycles. The van der Waals surface area contributed by atoms with E-state index in [1.165, 1.54) is 0 Å². The highest BCUT2D eigenvalue weighted by Crippen LogP contribution is 2.31. The number of fused-ring (bicyclic) bond motifs is 1. The minimum Gasteiger partial charge on any atom is -0.352 e. The zero-order chi connectivity index (χ0) is 20.5. The van der Waals surface area contributed by atoms with E-state index in [2.05, 4.69) is 30.2 Å². The summed E-state index contributed by atoms with van der Waals surface area (Å²) in [5.41, 5.74) is 3.67. The fourth-order valence-corrected chi connectivity index (χ4v) is 3.30. The third-order valence-electron chi connectivity index (χ3n) is 4.32. The number of nitrogens with one attached hydrogen (secondary N) is 2. The Morgan fingerprint density at radius 3 is 2.62 bits per heavy atom. The molecule has 0 bridgehead atoms. The Kier molecular flexibility index (Phi) is 4.98. The molecule has 4 rings (SSSR count). The Bertz CT molecular complexity index is 1270. The SMILES string of the molecule is Cc1cncc(-c2ccc(-c3cc4cnc(NC(C)C)nc4[nH]c3=O)c(Cl)c2)n1. The van der Waals surface area contributed by atoms with Crippen LogP contribution in [0.3, 0.4) is 0 Å². The van der Waals surface area contributed by atoms with Gasteiger partial charge >= 0.3 is 0 Å². The Hall–Kier alpha value is -3.32. The van der Waals surface area contributed by atoms with Crippen molar-refractivity contribution in [3.8, 4) is 22.4 Å². The van der Waals surface area contributed by atoms with Crippen LogP contribution >= 0.6 is 11.6 Å². The maximum atomic E-state index is 12.7. The van der Waals surface area contributed by atoms with E-state index >= 15 is 0 Å². The highest BCUT2D eigenvalue weighted by molar-refractivity contribution is 6.33. The van der Waals surface area contributed by atoms with Crippen LogP contribution < -0.4 is 10.9 Å². The van der Waals surface area contributed by atoms with Crippen LogP contribution in [0.1, 0.15) is 19.5 Å². The van der Waals surface area contributed by atoms with Crippen molar-refractivity contribution >= 4 is 28.6 Å². The van der Waals surface area contributed by atoms with Gasteiger partial charge in [0.15, 0.2) is 0 Å². The van der Waals surface area contributed by atoms with Gasteiger partial charge in [0, 0.05) is 45.5 Å². The zero-order valence-electron chi connectivity index (χ0n) is 16.2. The summed E-state index contributed by atoms with van der Waals surface area (Å²) in [6, 6.07) is 7.42. The van der Waals surface area contributed by atoms with E-state index in [9.17, 15) is 4.79 Å². The smallest absolute Gasteiger partial charge is 0.257 e. The van der Waals surface area contributed by atoms with Crippen LogP contribution in [-0.2, 0) is 0 Å². The summed E-state index contributed by atoms with van der Waals surface area (Å²) in [6.45, 7) is 5.87. The third kappa shape index (κ3) is 3.95. The van der Waals surface area contributed by atoms with Gasteiger partial charge in [0.25, 0.3) is 5.56 Å². The van der Waals surface area contributed by atoms with E-state index < -0.39 is 0 Å². The summed E-state index contributed by atoms with van der Waals surface area (Å²) < 4.78 is 0. The second-order valence-corrected chi connectivity index (χ2v) is 7.46. The molecule has 0 spiro atoms. The fraction of sp³-hybridized carbons (Fsp3) is 0.190. The van der Waals surface area contributed by atoms with Gasteiger partial charge in [-0.15, -0.1) is 0 Å². The molecule has 146 valence electrons. The molecule has 0 atom stereocenters. The van der Waals surface area contributed by atoms with Gasteiger partial charge in [0.05, 0.1) is 17.6 Å². The van der Waals surface area contributed by atoms with Crippen molar-refractivity contribution in [1.82, 2.24) is 24.9 Å². The van der Waals surface area contributed by atoms with Gasteiger partial charge in [-0.2, -0.15) is 4.98 Å². The lowest BCUT2D eigenvalue weighted by Gasteiger charge is -2.10. The van der Waals surface area contributed by atoms with Gasteiger partial charge in [0.1, 0.15) is 5.65 Å². The number of halogens is 1. The van der Waals surface area contributed by atoms with E-state index in [4.69, 9.17) is 11.6 Å². The first kappa shape index (κ1) is 19.0. The molecule has 0 aliphatic rings. The first-order valence-corrected chi connectivity index (χ1v) is 9.54. The molecular weight excluding hydrogens is 388 g/mol. The van der Waals surface area contributed by atoms with Crippen molar-refractivity contribution in [3.05, 3.63) is 63.9 Å². The average Bonchev–Trinajstić information content (AvgIpc) is 2.67. The van der Waals surface area contributed by atoms with Crippen LogP contribution in [0.2, 0.25) is 5.02 Å². The second kappa shape index (κ2) is 7.60. The topological polar surface area (TPSA) is 96.5 Å². The molecule has 0 unspecified atom stereocenters. The molecule has 4 aromatic rings. The highest BCUT2D eigenvalue weighted by Gasteiger charge is 2.13. The molecule has 0 radical (unpaired) electrons. The lowest BCUT2D eigenvalue weighted by atomic mass is 10.0. The van der Waals surface area contributed by atoms with Gasteiger partial charge < -0.3 is 10.3 Å². The minimum atomic E-state index is -0.267. The standard InChI is InChI=1S/C21H19ClN6O/c1-11(2)25-21-24-9-14-6-16(20(29)27-19(14)28-21)15-5-4-13(7-17(15)22)18-10-23-8-12(3)26-18/h4-11H,1-3H3,(H2,24,25,27,28,29). The fourth-order valence-electron chi connectivity index (χ4n) is 3.02. The number of benzene rings is 1. The summed E-state index contributed by atoms with van der Waals surface area (Å²) in [5, 5.41) is 4.30. The Morgan fingerprint density at radius 1 is 1.07 bits per heavy atom. The molecule has 0 aliphatic heterocycles. The molecular formula is C21H19ClN6O. The molecule has 0 saturated heterocycles. The molecule has 2 N–H and O–H groups in total. The van der Waals surface area contributed by atoms with Crippen molar-refractivity contribution in [1.29, 1.82) is 0 Å². The van der Waals surface area contributed by atoms with Crippen LogP contribution in [0.15, 0.2) is 47.7 Å². The minimum absolute atomic E-state index is 0.189. The average molecular weight is 407 g/mol. The predicted octanol–water partition coefficient (Wildman–Crippen LogP) is 4.22. The zero-order valence-corrected chi connectivity index (χ0v) is 16.9. The first-order chi connectivity index (χ1) is 13.9. The van der Waals surface area contributed by atoms with Crippen LogP contribution in [0.4, 0.5) is 5.95 Å². The molecule has 1 aromatic carbocycles. The van der Waals surface area contributed by atoms with E-state index in [-0.39, 0.29) is 11.6 Å². The summed E-state index contributed by atoms with van der Waals surface area (Å²) in [6.07, 6.45) is 5.05. The van der Waals surface area contributed by atoms with Crippen LogP contribution in [-0.4, -0.2) is 31.0 Å². The van der Waals surface area contributed by atoms with Crippen molar-refractivity contribution in [3.63, 3.8) is 0 Å². The number of hydrogen-bond donors (Lipinski definition) is 2. The number of rotatable bonds is 4. The van der Waals surface area contributed by atoms with Crippen molar-refractivity contribution in [2.45, 2.75) is 26.8 Å². The summed E-state index contributed by atoms with van der Waals surface area (Å²) in [5.74, 6) is 0.470. The number of nitrogens with zero attached hydrogens (tertiary/aromatic N) is 4. The van der Waals surface area contributed by atoms with E-state index in [1.54, 1.807) is 30.7 Å². The van der Waals surface area contributed by atoms with Crippen molar-refractivity contribution in [2.24, 2.45) is 0 Å². The van der Waals surface area contributed by atoms with Gasteiger partial charge in [-0.3, -0.25) is 9.78 Å². The van der Waals surface area contributed by atoms with Crippen LogP contribution in [0.25, 0.3) is 33.4 Å². The first-order valence-electron chi connectivity index (χ1n) is 9.16. The number of hydrogen-bond acceptors (Lipinski definition) is 6. The second-order valence-electron chi connectivity index (χ2n) is 7.05. The van der Waals surface area contributed by atoms with E-state index in [1.807, 2.05) is 32.9 Å². The molecule has 29 heavy (non-hydrogen) atoms. The number of anilines is 1. The Labute approximate surface area is 172 Å². The van der Waals surface area contributed by atoms with Crippen LogP contribution in [0, 0.1) is 6.92 Å². The number of H-pyrrole nitrogens is 1. The molecule has 0 saturated carbocycles. The monoisotopic (exact) mass is 406 g/mol. The molecule has 3 aromatic heterocycles. The predicted molar refractivity (Wildman–Crippen MR) is 115 cm³/mol. The van der Waals surface area contributed by atoms with Gasteiger partial charge in [0.2, 0.25) is 5.95 Å². The normalized spacial score (nSPS) is 11.2. The molecule has 0 fully saturated rings.